The molecule has 8 fully saturated rings. The molecular weight excluding hydrogens is 908 g/mol. The van der Waals surface area contributed by atoms with Crippen LogP contribution in [0.15, 0.2) is 0 Å². The first-order chi connectivity index (χ1) is 31.0. The summed E-state index contributed by atoms with van der Waals surface area (Å²) >= 11 is 0. The van der Waals surface area contributed by atoms with Crippen LogP contribution in [0.5, 0.6) is 0 Å². The largest absolute Gasteiger partial charge is 0.480 e. The van der Waals surface area contributed by atoms with Gasteiger partial charge in [-0.2, -0.15) is 0 Å². The molecule has 1 radical (unpaired) electrons. The van der Waals surface area contributed by atoms with Crippen molar-refractivity contribution in [2.45, 2.75) is 194 Å². The van der Waals surface area contributed by atoms with E-state index in [9.17, 15) is 49.8 Å². The van der Waals surface area contributed by atoms with Crippen molar-refractivity contribution < 1.29 is 77.1 Å². The SMILES string of the molecule is C[C@H](CCC(=O)NCC(=O)O)[C@H]1CC[C@H]2[C@@H]3[C@H](O)C[C@@H]4C[C@H](O)CC[C@]4(C)[C@H]3C[C@H](O)[C@]12C.C[C@H](CCC(=O)NCC(=O)O)[C@H]1CC[C@H]2[C@@H]3[C@H](O)C[C@@H]4C[C@H](O)CC[C@]4(C)[C@H]3C[C@H](O)[C@]12C.[Cu]. The minimum absolute atomic E-state index is 0. The maximum Gasteiger partial charge on any atom is 0.322 e. The Balaban J connectivity index is 0.000000218. The smallest absolute Gasteiger partial charge is 0.322 e. The number of amides is 2. The van der Waals surface area contributed by atoms with Crippen LogP contribution in [0.3, 0.4) is 0 Å². The average Bonchev–Trinajstić information content (AvgIpc) is 3.81. The minimum atomic E-state index is -1.04. The van der Waals surface area contributed by atoms with Crippen LogP contribution in [0, 0.1) is 92.7 Å². The summed E-state index contributed by atoms with van der Waals surface area (Å²) in [5, 5.41) is 88.7. The van der Waals surface area contributed by atoms with Crippen molar-refractivity contribution in [1.29, 1.82) is 0 Å². The Morgan fingerprint density at radius 3 is 1.22 bits per heavy atom. The van der Waals surface area contributed by atoms with Gasteiger partial charge in [-0.05, 0) is 195 Å². The predicted molar refractivity (Wildman–Crippen MR) is 246 cm³/mol. The summed E-state index contributed by atoms with van der Waals surface area (Å²) in [7, 11) is 0. The van der Waals surface area contributed by atoms with Gasteiger partial charge in [0.05, 0.1) is 36.6 Å². The molecule has 2 amide bonds. The number of carboxylic acids is 2. The molecule has 0 heterocycles. The molecule has 0 aliphatic heterocycles. The fourth-order valence-electron chi connectivity index (χ4n) is 17.9. The van der Waals surface area contributed by atoms with Crippen LogP contribution in [-0.4, -0.2) is 114 Å². The van der Waals surface area contributed by atoms with Crippen LogP contribution in [0.25, 0.3) is 0 Å². The maximum absolute atomic E-state index is 12.0. The summed E-state index contributed by atoms with van der Waals surface area (Å²) < 4.78 is 0. The number of aliphatic hydroxyl groups is 6. The van der Waals surface area contributed by atoms with Gasteiger partial charge in [0.2, 0.25) is 11.8 Å². The van der Waals surface area contributed by atoms with Crippen LogP contribution in [-0.2, 0) is 36.2 Å². The number of hydrogen-bond acceptors (Lipinski definition) is 10. The molecule has 0 bridgehead atoms. The second kappa shape index (κ2) is 21.1. The molecule has 8 aliphatic rings. The maximum atomic E-state index is 12.0. The van der Waals surface area contributed by atoms with E-state index in [-0.39, 0.29) is 147 Å². The summed E-state index contributed by atoms with van der Waals surface area (Å²) in [5.41, 5.74) is -0.429. The first-order valence-electron chi connectivity index (χ1n) is 26.0. The number of carbonyl (C=O) groups is 4. The number of aliphatic carboxylic acids is 2. The Hall–Kier alpha value is -1.84. The number of hydrogen-bond donors (Lipinski definition) is 10. The number of carboxylic acid groups (broad SMARTS) is 2. The normalized spacial score (nSPS) is 47.0. The summed E-state index contributed by atoms with van der Waals surface area (Å²) in [6, 6.07) is 0. The van der Waals surface area contributed by atoms with Crippen LogP contribution in [0.1, 0.15) is 157 Å². The van der Waals surface area contributed by atoms with E-state index in [1.54, 1.807) is 0 Å². The molecule has 10 N–H and O–H groups in total. The van der Waals surface area contributed by atoms with Crippen molar-refractivity contribution >= 4 is 23.8 Å². The molecule has 8 saturated carbocycles. The predicted octanol–water partition coefficient (Wildman–Crippen LogP) is 5.13. The van der Waals surface area contributed by atoms with Crippen molar-refractivity contribution in [1.82, 2.24) is 10.6 Å². The van der Waals surface area contributed by atoms with E-state index in [0.717, 1.165) is 77.0 Å². The molecule has 15 heteroatoms. The van der Waals surface area contributed by atoms with Crippen LogP contribution >= 0.6 is 0 Å². The molecule has 8 rings (SSSR count). The Morgan fingerprint density at radius 2 is 0.881 bits per heavy atom. The third-order valence-corrected chi connectivity index (χ3v) is 21.6. The van der Waals surface area contributed by atoms with Gasteiger partial charge in [-0.1, -0.05) is 41.5 Å². The first-order valence-corrected chi connectivity index (χ1v) is 26.0. The number of aliphatic hydroxyl groups excluding tert-OH is 6. The van der Waals surface area contributed by atoms with Crippen molar-refractivity contribution in [3.8, 4) is 0 Å². The molecular formula is C52H86CuN2O12. The summed E-state index contributed by atoms with van der Waals surface area (Å²) in [6.45, 7) is 12.7. The fraction of sp³-hybridized carbons (Fsp3) is 0.923. The Bertz CT molecular complexity index is 1650. The quantitative estimate of drug-likeness (QED) is 0.114. The summed E-state index contributed by atoms with van der Waals surface area (Å²) in [4.78, 5) is 45.4. The monoisotopic (exact) mass is 994 g/mol. The summed E-state index contributed by atoms with van der Waals surface area (Å²) in [5.74, 6) is 0.529. The third kappa shape index (κ3) is 10.2. The van der Waals surface area contributed by atoms with Gasteiger partial charge in [0, 0.05) is 29.9 Å². The van der Waals surface area contributed by atoms with Crippen molar-refractivity contribution in [2.75, 3.05) is 13.1 Å². The van der Waals surface area contributed by atoms with Crippen molar-refractivity contribution in [3.63, 3.8) is 0 Å². The molecule has 0 aromatic rings. The van der Waals surface area contributed by atoms with E-state index in [1.165, 1.54) is 0 Å². The Labute approximate surface area is 409 Å². The molecule has 14 nitrogen and oxygen atoms in total. The first kappa shape index (κ1) is 54.5. The zero-order chi connectivity index (χ0) is 48.3. The van der Waals surface area contributed by atoms with Gasteiger partial charge >= 0.3 is 11.9 Å². The van der Waals surface area contributed by atoms with Gasteiger partial charge in [0.1, 0.15) is 13.1 Å². The summed E-state index contributed by atoms with van der Waals surface area (Å²) in [6.07, 6.45) is 11.7. The van der Waals surface area contributed by atoms with Crippen LogP contribution < -0.4 is 10.6 Å². The zero-order valence-electron chi connectivity index (χ0n) is 41.0. The second-order valence-corrected chi connectivity index (χ2v) is 24.4. The number of rotatable bonds is 12. The van der Waals surface area contributed by atoms with Crippen LogP contribution in [0.2, 0.25) is 0 Å². The second-order valence-electron chi connectivity index (χ2n) is 24.4. The molecule has 0 spiro atoms. The van der Waals surface area contributed by atoms with E-state index >= 15 is 0 Å². The van der Waals surface area contributed by atoms with Gasteiger partial charge in [0.15, 0.2) is 0 Å². The van der Waals surface area contributed by atoms with Crippen molar-refractivity contribution in [2.24, 2.45) is 92.7 Å². The zero-order valence-corrected chi connectivity index (χ0v) is 42.0. The van der Waals surface area contributed by atoms with Crippen molar-refractivity contribution in [3.05, 3.63) is 0 Å². The Morgan fingerprint density at radius 1 is 0.522 bits per heavy atom. The van der Waals surface area contributed by atoms with E-state index < -0.39 is 24.1 Å². The van der Waals surface area contributed by atoms with Gasteiger partial charge < -0.3 is 51.5 Å². The van der Waals surface area contributed by atoms with Crippen LogP contribution in [0.4, 0.5) is 0 Å². The minimum Gasteiger partial charge on any atom is -0.480 e. The van der Waals surface area contributed by atoms with E-state index in [0.29, 0.717) is 50.4 Å². The molecule has 387 valence electrons. The van der Waals surface area contributed by atoms with Gasteiger partial charge in [-0.3, -0.25) is 19.2 Å². The number of fused-ring (bicyclic) bond motifs is 10. The molecule has 0 aromatic heterocycles. The van der Waals surface area contributed by atoms with E-state index in [1.807, 2.05) is 0 Å². The molecule has 0 unspecified atom stereocenters. The number of nitrogens with one attached hydrogen (secondary N) is 2. The topological polar surface area (TPSA) is 254 Å². The van der Waals surface area contributed by atoms with E-state index in [4.69, 9.17) is 10.2 Å². The molecule has 8 aliphatic carbocycles. The Kier molecular flexibility index (Phi) is 17.2. The molecule has 0 aromatic carbocycles. The van der Waals surface area contributed by atoms with Gasteiger partial charge in [-0.15, -0.1) is 0 Å². The molecule has 22 atom stereocenters. The standard InChI is InChI=1S/2C26H43NO6.Cu/c2*1-14(4-7-22(31)27-13-23(32)33)17-5-6-18-24-19(12-21(30)26(17,18)3)25(2)9-8-16(28)10-15(25)11-20(24)29;/h2*14-21,24,28-30H,4-13H2,1-3H3,(H,27,31)(H,32,33);/t2*14-,15+,16-,17-,18+,19+,20-,21+,24+,25+,26-;/m11./s1. The molecule has 67 heavy (non-hydrogen) atoms. The molecule has 0 saturated heterocycles. The third-order valence-electron chi connectivity index (χ3n) is 21.6. The fourth-order valence-corrected chi connectivity index (χ4v) is 17.9. The van der Waals surface area contributed by atoms with Gasteiger partial charge in [-0.25, -0.2) is 0 Å². The number of carbonyl (C=O) groups excluding carboxylic acids is 2. The van der Waals surface area contributed by atoms with Gasteiger partial charge in [0.25, 0.3) is 0 Å². The average molecular weight is 995 g/mol. The van der Waals surface area contributed by atoms with E-state index in [2.05, 4.69) is 52.2 Å².